The largest absolute Gasteiger partial charge is 0.454 e. The van der Waals surface area contributed by atoms with Crippen molar-refractivity contribution in [2.45, 2.75) is 19.4 Å². The Balaban J connectivity index is 2.15. The molecule has 2 aromatic rings. The Hall–Kier alpha value is -2.38. The molecule has 2 aromatic carbocycles. The fourth-order valence-corrected chi connectivity index (χ4v) is 1.75. The zero-order valence-electron chi connectivity index (χ0n) is 11.0. The van der Waals surface area contributed by atoms with E-state index in [1.54, 1.807) is 37.3 Å². The number of hydrogen-bond donors (Lipinski definition) is 1. The Kier molecular flexibility index (Phi) is 4.34. The summed E-state index contributed by atoms with van der Waals surface area (Å²) in [4.78, 5) is 0. The SMILES string of the molecule is C[C@H](O)c1ccc(Oc2ccc(CC#N)cc2)c(F)c1. The van der Waals surface area contributed by atoms with Crippen LogP contribution >= 0.6 is 0 Å². The number of rotatable bonds is 4. The third-order valence-corrected chi connectivity index (χ3v) is 2.87. The van der Waals surface area contributed by atoms with E-state index in [1.807, 2.05) is 0 Å². The van der Waals surface area contributed by atoms with Crippen LogP contribution in [0.2, 0.25) is 0 Å². The molecule has 0 bridgehead atoms. The highest BCUT2D eigenvalue weighted by atomic mass is 19.1. The molecular formula is C16H14FNO2. The van der Waals surface area contributed by atoms with E-state index in [1.165, 1.54) is 12.1 Å². The number of ether oxygens (including phenoxy) is 1. The van der Waals surface area contributed by atoms with Crippen LogP contribution in [-0.4, -0.2) is 5.11 Å². The van der Waals surface area contributed by atoms with Gasteiger partial charge in [0, 0.05) is 0 Å². The first-order valence-corrected chi connectivity index (χ1v) is 6.21. The highest BCUT2D eigenvalue weighted by molar-refractivity contribution is 5.36. The molecule has 0 amide bonds. The van der Waals surface area contributed by atoms with Crippen LogP contribution < -0.4 is 4.74 Å². The lowest BCUT2D eigenvalue weighted by molar-refractivity contribution is 0.198. The molecule has 3 nitrogen and oxygen atoms in total. The Morgan fingerprint density at radius 3 is 2.50 bits per heavy atom. The minimum absolute atomic E-state index is 0.0995. The zero-order chi connectivity index (χ0) is 14.5. The average molecular weight is 271 g/mol. The Morgan fingerprint density at radius 1 is 1.25 bits per heavy atom. The van der Waals surface area contributed by atoms with E-state index in [0.717, 1.165) is 5.56 Å². The molecule has 2 rings (SSSR count). The molecule has 4 heteroatoms. The highest BCUT2D eigenvalue weighted by Crippen LogP contribution is 2.27. The summed E-state index contributed by atoms with van der Waals surface area (Å²) in [5, 5.41) is 18.0. The number of hydrogen-bond acceptors (Lipinski definition) is 3. The van der Waals surface area contributed by atoms with Crippen molar-refractivity contribution in [1.82, 2.24) is 0 Å². The fraction of sp³-hybridized carbons (Fsp3) is 0.188. The van der Waals surface area contributed by atoms with Gasteiger partial charge in [0.15, 0.2) is 11.6 Å². The number of benzene rings is 2. The van der Waals surface area contributed by atoms with Crippen LogP contribution in [0.15, 0.2) is 42.5 Å². The van der Waals surface area contributed by atoms with E-state index in [-0.39, 0.29) is 5.75 Å². The summed E-state index contributed by atoms with van der Waals surface area (Å²) in [6.07, 6.45) is -0.388. The lowest BCUT2D eigenvalue weighted by Crippen LogP contribution is -1.94. The van der Waals surface area contributed by atoms with Gasteiger partial charge in [0.2, 0.25) is 0 Å². The number of aliphatic hydroxyl groups is 1. The van der Waals surface area contributed by atoms with E-state index in [2.05, 4.69) is 6.07 Å². The second-order valence-corrected chi connectivity index (χ2v) is 4.45. The van der Waals surface area contributed by atoms with E-state index in [4.69, 9.17) is 10.00 Å². The molecule has 0 unspecified atom stereocenters. The minimum Gasteiger partial charge on any atom is -0.454 e. The van der Waals surface area contributed by atoms with Crippen LogP contribution in [0.3, 0.4) is 0 Å². The van der Waals surface area contributed by atoms with Crippen LogP contribution in [0.5, 0.6) is 11.5 Å². The molecule has 0 aliphatic carbocycles. The van der Waals surface area contributed by atoms with Crippen LogP contribution in [0.1, 0.15) is 24.2 Å². The van der Waals surface area contributed by atoms with Gasteiger partial charge in [-0.25, -0.2) is 4.39 Å². The number of aliphatic hydroxyl groups excluding tert-OH is 1. The number of nitrogens with zero attached hydrogens (tertiary/aromatic N) is 1. The third-order valence-electron chi connectivity index (χ3n) is 2.87. The molecule has 0 radical (unpaired) electrons. The summed E-state index contributed by atoms with van der Waals surface area (Å²) in [5.74, 6) is 0.0716. The summed E-state index contributed by atoms with van der Waals surface area (Å²) in [6.45, 7) is 1.57. The Morgan fingerprint density at radius 2 is 1.95 bits per heavy atom. The molecule has 0 heterocycles. The van der Waals surface area contributed by atoms with Gasteiger partial charge < -0.3 is 9.84 Å². The zero-order valence-corrected chi connectivity index (χ0v) is 11.0. The quantitative estimate of drug-likeness (QED) is 0.921. The third kappa shape index (κ3) is 3.34. The van der Waals surface area contributed by atoms with Crippen molar-refractivity contribution >= 4 is 0 Å². The van der Waals surface area contributed by atoms with Gasteiger partial charge in [-0.3, -0.25) is 0 Å². The maximum Gasteiger partial charge on any atom is 0.166 e. The van der Waals surface area contributed by atoms with Crippen LogP contribution in [0.25, 0.3) is 0 Å². The van der Waals surface area contributed by atoms with Gasteiger partial charge in [-0.05, 0) is 42.3 Å². The van der Waals surface area contributed by atoms with Gasteiger partial charge in [0.25, 0.3) is 0 Å². The standard InChI is InChI=1S/C16H14FNO2/c1-11(19)13-4-7-16(15(17)10-13)20-14-5-2-12(3-6-14)8-9-18/h2-7,10-11,19H,8H2,1H3/t11-/m0/s1. The molecule has 0 saturated heterocycles. The first kappa shape index (κ1) is 14.0. The van der Waals surface area contributed by atoms with Gasteiger partial charge in [0.1, 0.15) is 5.75 Å². The van der Waals surface area contributed by atoms with Crippen molar-refractivity contribution in [3.8, 4) is 17.6 Å². The smallest absolute Gasteiger partial charge is 0.166 e. The van der Waals surface area contributed by atoms with Crippen molar-refractivity contribution in [1.29, 1.82) is 5.26 Å². The molecule has 0 fully saturated rings. The second-order valence-electron chi connectivity index (χ2n) is 4.45. The van der Waals surface area contributed by atoms with Gasteiger partial charge >= 0.3 is 0 Å². The van der Waals surface area contributed by atoms with E-state index in [9.17, 15) is 9.50 Å². The van der Waals surface area contributed by atoms with E-state index in [0.29, 0.717) is 17.7 Å². The lowest BCUT2D eigenvalue weighted by atomic mass is 10.1. The van der Waals surface area contributed by atoms with Crippen molar-refractivity contribution in [3.63, 3.8) is 0 Å². The Labute approximate surface area is 116 Å². The van der Waals surface area contributed by atoms with Crippen molar-refractivity contribution in [2.24, 2.45) is 0 Å². The normalized spacial score (nSPS) is 11.7. The molecule has 0 saturated carbocycles. The summed E-state index contributed by atoms with van der Waals surface area (Å²) in [6, 6.07) is 13.3. The summed E-state index contributed by atoms with van der Waals surface area (Å²) < 4.78 is 19.3. The monoisotopic (exact) mass is 271 g/mol. The first-order chi connectivity index (χ1) is 9.60. The van der Waals surface area contributed by atoms with Gasteiger partial charge in [-0.1, -0.05) is 18.2 Å². The number of nitriles is 1. The molecule has 1 atom stereocenters. The summed E-state index contributed by atoms with van der Waals surface area (Å²) >= 11 is 0. The molecule has 1 N–H and O–H groups in total. The van der Waals surface area contributed by atoms with E-state index < -0.39 is 11.9 Å². The number of halogens is 1. The predicted molar refractivity (Wildman–Crippen MR) is 72.9 cm³/mol. The van der Waals surface area contributed by atoms with Crippen LogP contribution in [0.4, 0.5) is 4.39 Å². The first-order valence-electron chi connectivity index (χ1n) is 6.21. The van der Waals surface area contributed by atoms with Crippen molar-refractivity contribution in [3.05, 3.63) is 59.4 Å². The maximum atomic E-state index is 13.8. The predicted octanol–water partition coefficient (Wildman–Crippen LogP) is 3.74. The van der Waals surface area contributed by atoms with Crippen LogP contribution in [-0.2, 0) is 6.42 Å². The maximum absolute atomic E-state index is 13.8. The molecule has 0 aromatic heterocycles. The Bertz CT molecular complexity index is 630. The molecule has 0 aliphatic heterocycles. The van der Waals surface area contributed by atoms with Crippen molar-refractivity contribution < 1.29 is 14.2 Å². The minimum atomic E-state index is -0.719. The molecular weight excluding hydrogens is 257 g/mol. The van der Waals surface area contributed by atoms with Gasteiger partial charge in [-0.15, -0.1) is 0 Å². The molecule has 0 spiro atoms. The molecule has 20 heavy (non-hydrogen) atoms. The van der Waals surface area contributed by atoms with Gasteiger partial charge in [0.05, 0.1) is 18.6 Å². The topological polar surface area (TPSA) is 53.2 Å². The average Bonchev–Trinajstić information content (AvgIpc) is 2.43. The second kappa shape index (κ2) is 6.18. The van der Waals surface area contributed by atoms with Crippen molar-refractivity contribution in [2.75, 3.05) is 0 Å². The van der Waals surface area contributed by atoms with E-state index >= 15 is 0 Å². The van der Waals surface area contributed by atoms with Crippen LogP contribution in [0, 0.1) is 17.1 Å². The highest BCUT2D eigenvalue weighted by Gasteiger charge is 2.08. The summed E-state index contributed by atoms with van der Waals surface area (Å²) in [5.41, 5.74) is 1.38. The molecule has 0 aliphatic rings. The fourth-order valence-electron chi connectivity index (χ4n) is 1.75. The molecule has 102 valence electrons. The summed E-state index contributed by atoms with van der Waals surface area (Å²) in [7, 11) is 0. The lowest BCUT2D eigenvalue weighted by Gasteiger charge is -2.10. The van der Waals surface area contributed by atoms with Gasteiger partial charge in [-0.2, -0.15) is 5.26 Å².